The molecule has 0 radical (unpaired) electrons. The zero-order valence-corrected chi connectivity index (χ0v) is 11.9. The van der Waals surface area contributed by atoms with Crippen LogP contribution in [0.25, 0.3) is 0 Å². The molecule has 0 amide bonds. The van der Waals surface area contributed by atoms with Gasteiger partial charge in [0, 0.05) is 0 Å². The minimum Gasteiger partial charge on any atom is -0.330 e. The molecule has 1 nitrogen and oxygen atoms in total. The summed E-state index contributed by atoms with van der Waals surface area (Å²) < 4.78 is 0. The molecule has 0 heterocycles. The first-order valence-corrected chi connectivity index (χ1v) is 7.15. The van der Waals surface area contributed by atoms with Crippen molar-refractivity contribution in [3.63, 3.8) is 0 Å². The number of hydrogen-bond acceptors (Lipinski definition) is 2. The first kappa shape index (κ1) is 13.9. The minimum absolute atomic E-state index is 0.631. The summed E-state index contributed by atoms with van der Waals surface area (Å²) >= 11 is 1.98. The molecule has 0 saturated carbocycles. The molecule has 0 spiro atoms. The Labute approximate surface area is 105 Å². The number of rotatable bonds is 4. The second-order valence-corrected chi connectivity index (χ2v) is 6.03. The molecule has 0 aromatic heterocycles. The fourth-order valence-corrected chi connectivity index (χ4v) is 3.36. The Bertz CT molecular complexity index is 302. The van der Waals surface area contributed by atoms with E-state index in [0.717, 1.165) is 13.0 Å². The van der Waals surface area contributed by atoms with E-state index >= 15 is 0 Å². The average molecular weight is 239 g/mol. The molecule has 1 aliphatic carbocycles. The lowest BCUT2D eigenvalue weighted by molar-refractivity contribution is 0.516. The Morgan fingerprint density at radius 2 is 2.12 bits per heavy atom. The van der Waals surface area contributed by atoms with Gasteiger partial charge in [0.05, 0.1) is 0 Å². The minimum atomic E-state index is 0.631. The lowest BCUT2D eigenvalue weighted by Crippen LogP contribution is -2.19. The smallest absolute Gasteiger partial charge is 0.00112 e. The molecule has 0 bridgehead atoms. The van der Waals surface area contributed by atoms with Crippen molar-refractivity contribution in [2.75, 3.05) is 6.54 Å². The van der Waals surface area contributed by atoms with E-state index in [1.54, 1.807) is 10.5 Å². The van der Waals surface area contributed by atoms with Crippen molar-refractivity contribution in [1.82, 2.24) is 0 Å². The van der Waals surface area contributed by atoms with E-state index in [2.05, 4.69) is 27.7 Å². The fraction of sp³-hybridized carbons (Fsp3) is 0.714. The molecule has 16 heavy (non-hydrogen) atoms. The number of nitrogens with two attached hydrogens (primary N) is 1. The molecule has 92 valence electrons. The molecule has 0 aromatic rings. The topological polar surface area (TPSA) is 26.0 Å². The van der Waals surface area contributed by atoms with E-state index in [1.807, 2.05) is 11.8 Å². The van der Waals surface area contributed by atoms with Crippen LogP contribution in [0.2, 0.25) is 0 Å². The van der Waals surface area contributed by atoms with Crippen LogP contribution in [-0.2, 0) is 0 Å². The Morgan fingerprint density at radius 1 is 1.44 bits per heavy atom. The van der Waals surface area contributed by atoms with Crippen LogP contribution in [-0.4, -0.2) is 6.54 Å². The molecular weight excluding hydrogens is 214 g/mol. The van der Waals surface area contributed by atoms with Gasteiger partial charge in [-0.2, -0.15) is 0 Å². The Hall–Kier alpha value is -0.210. The normalized spacial score (nSPS) is 23.4. The number of thioether (sulfide) groups is 1. The number of allylic oxidation sites excluding steroid dienone is 3. The lowest BCUT2D eigenvalue weighted by atomic mass is 9.89. The van der Waals surface area contributed by atoms with Gasteiger partial charge in [0.15, 0.2) is 0 Å². The summed E-state index contributed by atoms with van der Waals surface area (Å²) in [7, 11) is 0. The maximum absolute atomic E-state index is 5.82. The third-order valence-corrected chi connectivity index (χ3v) is 5.13. The largest absolute Gasteiger partial charge is 0.330 e. The highest BCUT2D eigenvalue weighted by Crippen LogP contribution is 2.40. The molecule has 1 atom stereocenters. The molecule has 1 unspecified atom stereocenters. The first-order chi connectivity index (χ1) is 7.60. The SMILES string of the molecule is CCC(C)=C(C)SC1=C(C)C(CN)CCC1. The highest BCUT2D eigenvalue weighted by molar-refractivity contribution is 8.06. The summed E-state index contributed by atoms with van der Waals surface area (Å²) in [6, 6.07) is 0. The monoisotopic (exact) mass is 239 g/mol. The first-order valence-electron chi connectivity index (χ1n) is 6.34. The van der Waals surface area contributed by atoms with Gasteiger partial charge in [0.2, 0.25) is 0 Å². The molecule has 0 aliphatic heterocycles. The molecule has 2 N–H and O–H groups in total. The van der Waals surface area contributed by atoms with Gasteiger partial charge in [0.25, 0.3) is 0 Å². The van der Waals surface area contributed by atoms with E-state index in [-0.39, 0.29) is 0 Å². The van der Waals surface area contributed by atoms with Crippen LogP contribution in [0.3, 0.4) is 0 Å². The van der Waals surface area contributed by atoms with Crippen LogP contribution in [0.15, 0.2) is 21.0 Å². The van der Waals surface area contributed by atoms with E-state index < -0.39 is 0 Å². The number of hydrogen-bond donors (Lipinski definition) is 1. The van der Waals surface area contributed by atoms with Gasteiger partial charge in [-0.1, -0.05) is 29.8 Å². The molecule has 0 aromatic carbocycles. The summed E-state index contributed by atoms with van der Waals surface area (Å²) in [5, 5.41) is 0. The van der Waals surface area contributed by atoms with Crippen molar-refractivity contribution in [1.29, 1.82) is 0 Å². The van der Waals surface area contributed by atoms with Gasteiger partial charge in [-0.3, -0.25) is 0 Å². The van der Waals surface area contributed by atoms with Crippen LogP contribution in [0.5, 0.6) is 0 Å². The molecule has 1 rings (SSSR count). The second kappa shape index (κ2) is 6.51. The molecule has 0 fully saturated rings. The Kier molecular flexibility index (Phi) is 5.63. The molecule has 2 heteroatoms. The molecular formula is C14H25NS. The second-order valence-electron chi connectivity index (χ2n) is 4.72. The van der Waals surface area contributed by atoms with E-state index in [1.165, 1.54) is 29.7 Å². The van der Waals surface area contributed by atoms with Crippen LogP contribution >= 0.6 is 11.8 Å². The van der Waals surface area contributed by atoms with Crippen LogP contribution in [0, 0.1) is 5.92 Å². The highest BCUT2D eigenvalue weighted by Gasteiger charge is 2.19. The third-order valence-electron chi connectivity index (χ3n) is 3.70. The van der Waals surface area contributed by atoms with Crippen LogP contribution in [0.4, 0.5) is 0 Å². The van der Waals surface area contributed by atoms with Crippen molar-refractivity contribution in [3.05, 3.63) is 21.0 Å². The summed E-state index contributed by atoms with van der Waals surface area (Å²) in [6.07, 6.45) is 4.99. The average Bonchev–Trinajstić information content (AvgIpc) is 2.30. The predicted molar refractivity (Wildman–Crippen MR) is 75.4 cm³/mol. The molecule has 0 saturated heterocycles. The summed E-state index contributed by atoms with van der Waals surface area (Å²) in [6.45, 7) is 9.79. The zero-order valence-electron chi connectivity index (χ0n) is 11.1. The summed E-state index contributed by atoms with van der Waals surface area (Å²) in [5.74, 6) is 0.631. The van der Waals surface area contributed by atoms with E-state index in [0.29, 0.717) is 5.92 Å². The van der Waals surface area contributed by atoms with Gasteiger partial charge in [-0.15, -0.1) is 0 Å². The fourth-order valence-electron chi connectivity index (χ4n) is 2.10. The van der Waals surface area contributed by atoms with Crippen LogP contribution in [0.1, 0.15) is 53.4 Å². The Balaban J connectivity index is 2.80. The van der Waals surface area contributed by atoms with Gasteiger partial charge in [-0.25, -0.2) is 0 Å². The van der Waals surface area contributed by atoms with Crippen molar-refractivity contribution in [3.8, 4) is 0 Å². The third kappa shape index (κ3) is 3.39. The van der Waals surface area contributed by atoms with Crippen molar-refractivity contribution >= 4 is 11.8 Å². The maximum Gasteiger partial charge on any atom is -0.00112 e. The lowest BCUT2D eigenvalue weighted by Gasteiger charge is -2.25. The van der Waals surface area contributed by atoms with Crippen molar-refractivity contribution < 1.29 is 0 Å². The van der Waals surface area contributed by atoms with Crippen molar-refractivity contribution in [2.24, 2.45) is 11.7 Å². The van der Waals surface area contributed by atoms with E-state index in [9.17, 15) is 0 Å². The van der Waals surface area contributed by atoms with Gasteiger partial charge < -0.3 is 5.73 Å². The van der Waals surface area contributed by atoms with Crippen molar-refractivity contribution in [2.45, 2.75) is 53.4 Å². The highest BCUT2D eigenvalue weighted by atomic mass is 32.2. The van der Waals surface area contributed by atoms with E-state index in [4.69, 9.17) is 5.73 Å². The quantitative estimate of drug-likeness (QED) is 0.784. The predicted octanol–water partition coefficient (Wildman–Crippen LogP) is 4.46. The van der Waals surface area contributed by atoms with Crippen LogP contribution < -0.4 is 5.73 Å². The van der Waals surface area contributed by atoms with Gasteiger partial charge in [-0.05, 0) is 68.7 Å². The Morgan fingerprint density at radius 3 is 2.69 bits per heavy atom. The zero-order chi connectivity index (χ0) is 12.1. The van der Waals surface area contributed by atoms with Gasteiger partial charge >= 0.3 is 0 Å². The maximum atomic E-state index is 5.82. The molecule has 1 aliphatic rings. The summed E-state index contributed by atoms with van der Waals surface area (Å²) in [4.78, 5) is 3.06. The van der Waals surface area contributed by atoms with Gasteiger partial charge in [0.1, 0.15) is 0 Å². The standard InChI is InChI=1S/C14H25NS/c1-5-10(2)12(4)16-14-8-6-7-13(9-15)11(14)3/h13H,5-9,15H2,1-4H3. The summed E-state index contributed by atoms with van der Waals surface area (Å²) in [5.41, 5.74) is 8.87.